The van der Waals surface area contributed by atoms with E-state index in [0.717, 1.165) is 4.90 Å². The quantitative estimate of drug-likeness (QED) is 0.468. The first kappa shape index (κ1) is 19.1. The molecule has 0 bridgehead atoms. The van der Waals surface area contributed by atoms with Crippen LogP contribution in [0.25, 0.3) is 0 Å². The molecule has 0 aromatic carbocycles. The molecule has 0 unspecified atom stereocenters. The third-order valence-electron chi connectivity index (χ3n) is 2.51. The second-order valence-electron chi connectivity index (χ2n) is 4.23. The molecule has 21 heavy (non-hydrogen) atoms. The highest BCUT2D eigenvalue weighted by molar-refractivity contribution is 5.85. The molecule has 0 aromatic heterocycles. The van der Waals surface area contributed by atoms with Gasteiger partial charge in [-0.2, -0.15) is 0 Å². The Bertz CT molecular complexity index is 360. The number of hydrogen-bond acceptors (Lipinski definition) is 6. The standard InChI is InChI=1S/C12H22N2O7/c1-4-21-9(16)7-14(5-6-20-3)12(19)13-10(8(2)15)11(17)18/h8,10,15H,4-7H2,1-3H3,(H,13,19)(H,17,18)/t8-,10+/m1/s1. The monoisotopic (exact) mass is 306 g/mol. The molecular weight excluding hydrogens is 284 g/mol. The lowest BCUT2D eigenvalue weighted by Crippen LogP contribution is -2.53. The van der Waals surface area contributed by atoms with Gasteiger partial charge in [-0.25, -0.2) is 9.59 Å². The lowest BCUT2D eigenvalue weighted by molar-refractivity contribution is -0.143. The number of nitrogens with zero attached hydrogens (tertiary/aromatic N) is 1. The molecule has 0 radical (unpaired) electrons. The number of ether oxygens (including phenoxy) is 2. The summed E-state index contributed by atoms with van der Waals surface area (Å²) in [7, 11) is 1.43. The Morgan fingerprint density at radius 1 is 1.33 bits per heavy atom. The molecule has 0 saturated heterocycles. The lowest BCUT2D eigenvalue weighted by Gasteiger charge is -2.25. The van der Waals surface area contributed by atoms with Crippen LogP contribution in [0.3, 0.4) is 0 Å². The molecule has 2 amide bonds. The number of methoxy groups -OCH3 is 1. The average molecular weight is 306 g/mol. The summed E-state index contributed by atoms with van der Waals surface area (Å²) in [5.74, 6) is -1.99. The largest absolute Gasteiger partial charge is 0.480 e. The van der Waals surface area contributed by atoms with Gasteiger partial charge in [-0.15, -0.1) is 0 Å². The fourth-order valence-electron chi connectivity index (χ4n) is 1.43. The van der Waals surface area contributed by atoms with Crippen molar-refractivity contribution in [3.8, 4) is 0 Å². The number of aliphatic hydroxyl groups is 1. The summed E-state index contributed by atoms with van der Waals surface area (Å²) in [6.45, 7) is 2.95. The summed E-state index contributed by atoms with van der Waals surface area (Å²) in [6, 6.07) is -2.27. The fourth-order valence-corrected chi connectivity index (χ4v) is 1.43. The number of amides is 2. The normalized spacial score (nSPS) is 13.1. The molecule has 2 atom stereocenters. The molecule has 3 N–H and O–H groups in total. The first-order chi connectivity index (χ1) is 9.83. The van der Waals surface area contributed by atoms with Gasteiger partial charge in [-0.3, -0.25) is 4.79 Å². The van der Waals surface area contributed by atoms with Crippen LogP contribution in [0, 0.1) is 0 Å². The van der Waals surface area contributed by atoms with Crippen molar-refractivity contribution in [3.63, 3.8) is 0 Å². The molecule has 9 heteroatoms. The number of carbonyl (C=O) groups is 3. The van der Waals surface area contributed by atoms with Gasteiger partial charge in [0.1, 0.15) is 6.54 Å². The number of rotatable bonds is 9. The molecule has 0 saturated carbocycles. The Labute approximate surface area is 122 Å². The predicted octanol–water partition coefficient (Wildman–Crippen LogP) is -0.958. The topological polar surface area (TPSA) is 125 Å². The van der Waals surface area contributed by atoms with Crippen LogP contribution in [-0.2, 0) is 19.1 Å². The third-order valence-corrected chi connectivity index (χ3v) is 2.51. The maximum atomic E-state index is 12.0. The van der Waals surface area contributed by atoms with E-state index >= 15 is 0 Å². The summed E-state index contributed by atoms with van der Waals surface area (Å²) >= 11 is 0. The number of carboxylic acids is 1. The van der Waals surface area contributed by atoms with E-state index < -0.39 is 30.1 Å². The molecule has 122 valence electrons. The molecule has 0 aliphatic heterocycles. The van der Waals surface area contributed by atoms with Gasteiger partial charge in [0, 0.05) is 13.7 Å². The van der Waals surface area contributed by atoms with Crippen LogP contribution < -0.4 is 5.32 Å². The number of esters is 1. The van der Waals surface area contributed by atoms with Gasteiger partial charge < -0.3 is 29.9 Å². The first-order valence-corrected chi connectivity index (χ1v) is 6.44. The minimum atomic E-state index is -1.47. The smallest absolute Gasteiger partial charge is 0.328 e. The zero-order chi connectivity index (χ0) is 16.4. The van der Waals surface area contributed by atoms with E-state index in [4.69, 9.17) is 14.6 Å². The Morgan fingerprint density at radius 3 is 2.38 bits per heavy atom. The van der Waals surface area contributed by atoms with E-state index in [0.29, 0.717) is 0 Å². The van der Waals surface area contributed by atoms with Gasteiger partial charge in [0.15, 0.2) is 6.04 Å². The van der Waals surface area contributed by atoms with Crippen molar-refractivity contribution in [2.45, 2.75) is 26.0 Å². The minimum Gasteiger partial charge on any atom is -0.480 e. The maximum absolute atomic E-state index is 12.0. The van der Waals surface area contributed by atoms with Crippen molar-refractivity contribution in [1.82, 2.24) is 10.2 Å². The average Bonchev–Trinajstić information content (AvgIpc) is 2.39. The van der Waals surface area contributed by atoms with E-state index in [1.165, 1.54) is 14.0 Å². The van der Waals surface area contributed by atoms with Crippen LogP contribution >= 0.6 is 0 Å². The van der Waals surface area contributed by atoms with E-state index in [-0.39, 0.29) is 26.3 Å². The van der Waals surface area contributed by atoms with Crippen LogP contribution in [0.4, 0.5) is 4.79 Å². The number of carbonyl (C=O) groups excluding carboxylic acids is 2. The van der Waals surface area contributed by atoms with Crippen molar-refractivity contribution < 1.29 is 34.1 Å². The molecular formula is C12H22N2O7. The number of hydrogen-bond donors (Lipinski definition) is 3. The Morgan fingerprint density at radius 2 is 1.95 bits per heavy atom. The van der Waals surface area contributed by atoms with Gasteiger partial charge >= 0.3 is 18.0 Å². The first-order valence-electron chi connectivity index (χ1n) is 6.44. The molecule has 0 rings (SSSR count). The summed E-state index contributed by atoms with van der Waals surface area (Å²) in [6.07, 6.45) is -1.28. The van der Waals surface area contributed by atoms with Crippen LogP contribution in [0.15, 0.2) is 0 Å². The highest BCUT2D eigenvalue weighted by atomic mass is 16.5. The van der Waals surface area contributed by atoms with Crippen LogP contribution in [-0.4, -0.2) is 78.6 Å². The Kier molecular flexibility index (Phi) is 9.06. The zero-order valence-electron chi connectivity index (χ0n) is 12.4. The third kappa shape index (κ3) is 7.47. The van der Waals surface area contributed by atoms with Crippen molar-refractivity contribution in [1.29, 1.82) is 0 Å². The fraction of sp³-hybridized carbons (Fsp3) is 0.750. The maximum Gasteiger partial charge on any atom is 0.328 e. The van der Waals surface area contributed by atoms with Gasteiger partial charge in [0.05, 0.1) is 19.3 Å². The highest BCUT2D eigenvalue weighted by Crippen LogP contribution is 1.98. The van der Waals surface area contributed by atoms with Crippen molar-refractivity contribution in [3.05, 3.63) is 0 Å². The van der Waals surface area contributed by atoms with E-state index in [1.807, 2.05) is 0 Å². The molecule has 0 aliphatic carbocycles. The van der Waals surface area contributed by atoms with Crippen LogP contribution in [0.2, 0.25) is 0 Å². The number of nitrogens with one attached hydrogen (secondary N) is 1. The van der Waals surface area contributed by atoms with Crippen LogP contribution in [0.1, 0.15) is 13.8 Å². The molecule has 0 aliphatic rings. The number of aliphatic hydroxyl groups excluding tert-OH is 1. The molecule has 0 fully saturated rings. The number of urea groups is 1. The summed E-state index contributed by atoms with van der Waals surface area (Å²) in [5, 5.41) is 20.4. The van der Waals surface area contributed by atoms with Crippen molar-refractivity contribution in [2.24, 2.45) is 0 Å². The van der Waals surface area contributed by atoms with Gasteiger partial charge in [0.2, 0.25) is 0 Å². The second-order valence-corrected chi connectivity index (χ2v) is 4.23. The van der Waals surface area contributed by atoms with Gasteiger partial charge in [-0.1, -0.05) is 0 Å². The Balaban J connectivity index is 4.76. The summed E-state index contributed by atoms with van der Waals surface area (Å²) < 4.78 is 9.56. The van der Waals surface area contributed by atoms with E-state index in [9.17, 15) is 19.5 Å². The van der Waals surface area contributed by atoms with Gasteiger partial charge in [0.25, 0.3) is 0 Å². The van der Waals surface area contributed by atoms with Crippen molar-refractivity contribution in [2.75, 3.05) is 33.4 Å². The SMILES string of the molecule is CCOC(=O)CN(CCOC)C(=O)N[C@H](C(=O)O)[C@@H](C)O. The minimum absolute atomic E-state index is 0.0767. The summed E-state index contributed by atoms with van der Waals surface area (Å²) in [5.41, 5.74) is 0. The molecule has 0 heterocycles. The van der Waals surface area contributed by atoms with Crippen molar-refractivity contribution >= 4 is 18.0 Å². The van der Waals surface area contributed by atoms with Crippen LogP contribution in [0.5, 0.6) is 0 Å². The lowest BCUT2D eigenvalue weighted by atomic mass is 10.2. The Hall–Kier alpha value is -1.87. The zero-order valence-corrected chi connectivity index (χ0v) is 12.4. The molecule has 9 nitrogen and oxygen atoms in total. The van der Waals surface area contributed by atoms with E-state index in [2.05, 4.69) is 5.32 Å². The molecule has 0 spiro atoms. The number of carboxylic acid groups (broad SMARTS) is 1. The number of aliphatic carboxylic acids is 1. The predicted molar refractivity (Wildman–Crippen MR) is 71.7 cm³/mol. The highest BCUT2D eigenvalue weighted by Gasteiger charge is 2.28. The molecule has 0 aromatic rings. The second kappa shape index (κ2) is 9.94. The van der Waals surface area contributed by atoms with E-state index in [1.54, 1.807) is 6.92 Å². The summed E-state index contributed by atoms with van der Waals surface area (Å²) in [4.78, 5) is 35.4. The van der Waals surface area contributed by atoms with Gasteiger partial charge in [-0.05, 0) is 13.8 Å².